The summed E-state index contributed by atoms with van der Waals surface area (Å²) in [5.74, 6) is -1.06. The van der Waals surface area contributed by atoms with Crippen molar-refractivity contribution in [2.24, 2.45) is 23.2 Å². The highest BCUT2D eigenvalue weighted by atomic mass is 16.4. The summed E-state index contributed by atoms with van der Waals surface area (Å²) in [6.07, 6.45) is 5.68. The van der Waals surface area contributed by atoms with Crippen molar-refractivity contribution in [1.82, 2.24) is 5.32 Å². The number of carboxylic acids is 1. The molecule has 0 aromatic heterocycles. The van der Waals surface area contributed by atoms with Gasteiger partial charge >= 0.3 is 5.97 Å². The van der Waals surface area contributed by atoms with Crippen LogP contribution in [0.3, 0.4) is 0 Å². The van der Waals surface area contributed by atoms with Gasteiger partial charge in [0.15, 0.2) is 0 Å². The van der Waals surface area contributed by atoms with Gasteiger partial charge in [0, 0.05) is 6.04 Å². The Hall–Kier alpha value is -1.06. The molecule has 0 aromatic carbocycles. The molecule has 4 heteroatoms. The number of amides is 1. The summed E-state index contributed by atoms with van der Waals surface area (Å²) in [6, 6.07) is 0.247. The Morgan fingerprint density at radius 2 is 1.95 bits per heavy atom. The molecule has 2 unspecified atom stereocenters. The Kier molecular flexibility index (Phi) is 3.88. The number of hydrogen-bond donors (Lipinski definition) is 2. The summed E-state index contributed by atoms with van der Waals surface area (Å²) in [7, 11) is 0. The van der Waals surface area contributed by atoms with Gasteiger partial charge in [-0.2, -0.15) is 0 Å². The summed E-state index contributed by atoms with van der Waals surface area (Å²) in [6.45, 7) is 5.93. The average molecular weight is 267 g/mol. The minimum Gasteiger partial charge on any atom is -0.481 e. The van der Waals surface area contributed by atoms with E-state index in [1.807, 2.05) is 13.8 Å². The Bertz CT molecular complexity index is 378. The lowest BCUT2D eigenvalue weighted by Crippen LogP contribution is -2.40. The van der Waals surface area contributed by atoms with Crippen LogP contribution in [0.2, 0.25) is 0 Å². The maximum absolute atomic E-state index is 12.2. The number of nitrogens with one attached hydrogen (secondary N) is 1. The van der Waals surface area contributed by atoms with E-state index < -0.39 is 17.3 Å². The first kappa shape index (κ1) is 14.4. The molecule has 0 saturated heterocycles. The fourth-order valence-corrected chi connectivity index (χ4v) is 3.67. The minimum atomic E-state index is -0.847. The van der Waals surface area contributed by atoms with Crippen LogP contribution in [0.15, 0.2) is 0 Å². The van der Waals surface area contributed by atoms with Gasteiger partial charge in [-0.25, -0.2) is 0 Å². The number of aliphatic carboxylic acids is 1. The van der Waals surface area contributed by atoms with Gasteiger partial charge < -0.3 is 10.4 Å². The second-order valence-electron chi connectivity index (χ2n) is 6.76. The molecule has 2 N–H and O–H groups in total. The van der Waals surface area contributed by atoms with Crippen molar-refractivity contribution in [2.75, 3.05) is 0 Å². The van der Waals surface area contributed by atoms with E-state index in [4.69, 9.17) is 5.11 Å². The highest BCUT2D eigenvalue weighted by Crippen LogP contribution is 2.58. The lowest BCUT2D eigenvalue weighted by molar-refractivity contribution is -0.140. The number of rotatable bonds is 4. The van der Waals surface area contributed by atoms with Gasteiger partial charge in [0.1, 0.15) is 0 Å². The van der Waals surface area contributed by atoms with Gasteiger partial charge in [-0.15, -0.1) is 0 Å². The molecular weight excluding hydrogens is 242 g/mol. The minimum absolute atomic E-state index is 0.0563. The number of carboxylic acid groups (broad SMARTS) is 1. The topological polar surface area (TPSA) is 66.4 Å². The maximum atomic E-state index is 12.2. The Morgan fingerprint density at radius 1 is 1.26 bits per heavy atom. The fourth-order valence-electron chi connectivity index (χ4n) is 3.67. The van der Waals surface area contributed by atoms with Gasteiger partial charge in [-0.1, -0.05) is 40.0 Å². The van der Waals surface area contributed by atoms with Crippen LogP contribution in [0, 0.1) is 23.2 Å². The molecule has 4 atom stereocenters. The van der Waals surface area contributed by atoms with Gasteiger partial charge in [0.05, 0.1) is 11.8 Å². The normalized spacial score (nSPS) is 36.6. The van der Waals surface area contributed by atoms with E-state index in [0.29, 0.717) is 5.92 Å². The van der Waals surface area contributed by atoms with Crippen LogP contribution >= 0.6 is 0 Å². The zero-order valence-electron chi connectivity index (χ0n) is 12.1. The first-order valence-electron chi connectivity index (χ1n) is 7.41. The molecule has 0 aromatic rings. The van der Waals surface area contributed by atoms with Crippen molar-refractivity contribution in [3.63, 3.8) is 0 Å². The van der Waals surface area contributed by atoms with E-state index in [2.05, 4.69) is 12.2 Å². The van der Waals surface area contributed by atoms with Crippen molar-refractivity contribution < 1.29 is 14.7 Å². The lowest BCUT2D eigenvalue weighted by Gasteiger charge is -2.29. The molecule has 108 valence electrons. The first-order valence-corrected chi connectivity index (χ1v) is 7.41. The standard InChI is InChI=1S/C15H25NO3/c1-4-9-6-5-7-10(8-9)16-13(17)11-12(14(18)19)15(11,2)3/h9-12H,4-8H2,1-3H3,(H,16,17)(H,18,19)/t9?,10?,11-,12+/m1/s1. The van der Waals surface area contributed by atoms with Gasteiger partial charge in [0.2, 0.25) is 5.91 Å². The molecule has 0 radical (unpaired) electrons. The summed E-state index contributed by atoms with van der Waals surface area (Å²) in [5.41, 5.74) is -0.394. The van der Waals surface area contributed by atoms with Crippen molar-refractivity contribution in [3.8, 4) is 0 Å². The highest BCUT2D eigenvalue weighted by Gasteiger charge is 2.65. The largest absolute Gasteiger partial charge is 0.481 e. The summed E-state index contributed by atoms with van der Waals surface area (Å²) >= 11 is 0. The van der Waals surface area contributed by atoms with Crippen molar-refractivity contribution in [1.29, 1.82) is 0 Å². The zero-order chi connectivity index (χ0) is 14.2. The van der Waals surface area contributed by atoms with Crippen molar-refractivity contribution >= 4 is 11.9 Å². The van der Waals surface area contributed by atoms with E-state index in [1.165, 1.54) is 19.3 Å². The average Bonchev–Trinajstić information content (AvgIpc) is 2.93. The summed E-state index contributed by atoms with van der Waals surface area (Å²) < 4.78 is 0. The summed E-state index contributed by atoms with van der Waals surface area (Å²) in [5, 5.41) is 12.2. The van der Waals surface area contributed by atoms with Gasteiger partial charge in [0.25, 0.3) is 0 Å². The molecule has 0 heterocycles. The Morgan fingerprint density at radius 3 is 2.47 bits per heavy atom. The lowest BCUT2D eigenvalue weighted by atomic mass is 9.84. The fraction of sp³-hybridized carbons (Fsp3) is 0.867. The quantitative estimate of drug-likeness (QED) is 0.822. The number of carbonyl (C=O) groups excluding carboxylic acids is 1. The van der Waals surface area contributed by atoms with Crippen molar-refractivity contribution in [3.05, 3.63) is 0 Å². The summed E-state index contributed by atoms with van der Waals surface area (Å²) in [4.78, 5) is 23.3. The zero-order valence-corrected chi connectivity index (χ0v) is 12.1. The maximum Gasteiger partial charge on any atom is 0.307 e. The van der Waals surface area contributed by atoms with Crippen molar-refractivity contribution in [2.45, 2.75) is 58.9 Å². The molecule has 2 fully saturated rings. The molecule has 19 heavy (non-hydrogen) atoms. The molecule has 0 spiro atoms. The third-order valence-electron chi connectivity index (χ3n) is 5.08. The smallest absolute Gasteiger partial charge is 0.307 e. The van der Waals surface area contributed by atoms with Gasteiger partial charge in [-0.05, 0) is 24.2 Å². The second-order valence-corrected chi connectivity index (χ2v) is 6.76. The predicted octanol–water partition coefficient (Wildman–Crippen LogP) is 2.43. The van der Waals surface area contributed by atoms with Crippen LogP contribution in [-0.2, 0) is 9.59 Å². The molecular formula is C15H25NO3. The Balaban J connectivity index is 1.90. The van der Waals surface area contributed by atoms with Gasteiger partial charge in [-0.3, -0.25) is 9.59 Å². The molecule has 4 nitrogen and oxygen atoms in total. The van der Waals surface area contributed by atoms with E-state index in [1.54, 1.807) is 0 Å². The van der Waals surface area contributed by atoms with Crippen LogP contribution < -0.4 is 5.32 Å². The van der Waals surface area contributed by atoms with Crippen LogP contribution in [0.1, 0.15) is 52.9 Å². The van der Waals surface area contributed by atoms with E-state index in [9.17, 15) is 9.59 Å². The third kappa shape index (κ3) is 2.77. The van der Waals surface area contributed by atoms with Crippen LogP contribution in [0.5, 0.6) is 0 Å². The molecule has 2 saturated carbocycles. The van der Waals surface area contributed by atoms with Crippen LogP contribution in [0.4, 0.5) is 0 Å². The highest BCUT2D eigenvalue weighted by molar-refractivity contribution is 5.91. The van der Waals surface area contributed by atoms with Crippen LogP contribution in [0.25, 0.3) is 0 Å². The predicted molar refractivity (Wildman–Crippen MR) is 72.6 cm³/mol. The molecule has 2 aliphatic rings. The molecule has 0 bridgehead atoms. The SMILES string of the molecule is CCC1CCCC(NC(=O)[C@H]2[C@@H](C(=O)O)C2(C)C)C1. The molecule has 1 amide bonds. The van der Waals surface area contributed by atoms with E-state index in [-0.39, 0.29) is 17.9 Å². The number of hydrogen-bond acceptors (Lipinski definition) is 2. The monoisotopic (exact) mass is 267 g/mol. The molecule has 2 rings (SSSR count). The Labute approximate surface area is 115 Å². The molecule has 0 aliphatic heterocycles. The first-order chi connectivity index (χ1) is 8.87. The van der Waals surface area contributed by atoms with E-state index in [0.717, 1.165) is 12.8 Å². The third-order valence-corrected chi connectivity index (χ3v) is 5.08. The number of carbonyl (C=O) groups is 2. The second kappa shape index (κ2) is 5.14. The van der Waals surface area contributed by atoms with Crippen LogP contribution in [-0.4, -0.2) is 23.0 Å². The molecule has 2 aliphatic carbocycles. The van der Waals surface area contributed by atoms with E-state index >= 15 is 0 Å².